The summed E-state index contributed by atoms with van der Waals surface area (Å²) in [7, 11) is 1.80. The zero-order valence-electron chi connectivity index (χ0n) is 11.7. The number of rotatable bonds is 4. The molecule has 1 heterocycles. The van der Waals surface area contributed by atoms with E-state index in [0.717, 1.165) is 12.1 Å². The molecule has 0 saturated carbocycles. The van der Waals surface area contributed by atoms with Gasteiger partial charge in [-0.25, -0.2) is 0 Å². The Morgan fingerprint density at radius 3 is 2.59 bits per heavy atom. The molecule has 2 N–H and O–H groups in total. The Hall–Kier alpha value is -1.80. The largest absolute Gasteiger partial charge is 0.416 e. The maximum absolute atomic E-state index is 12.5. The van der Waals surface area contributed by atoms with Gasteiger partial charge in [0.1, 0.15) is 0 Å². The first-order valence-electron chi connectivity index (χ1n) is 6.47. The Labute approximate surface area is 129 Å². The smallest absolute Gasteiger partial charge is 0.318 e. The summed E-state index contributed by atoms with van der Waals surface area (Å²) in [5.41, 5.74) is -0.186. The monoisotopic (exact) mass is 329 g/mol. The van der Waals surface area contributed by atoms with Gasteiger partial charge in [-0.2, -0.15) is 13.2 Å². The van der Waals surface area contributed by atoms with E-state index in [0.29, 0.717) is 28.7 Å². The lowest BCUT2D eigenvalue weighted by Crippen LogP contribution is -2.21. The van der Waals surface area contributed by atoms with E-state index in [-0.39, 0.29) is 5.91 Å². The number of amidine groups is 1. The summed E-state index contributed by atoms with van der Waals surface area (Å²) in [5.74, 6) is -0.298. The third kappa shape index (κ3) is 4.35. The van der Waals surface area contributed by atoms with Crippen LogP contribution in [0.5, 0.6) is 0 Å². The van der Waals surface area contributed by atoms with Crippen LogP contribution in [0.1, 0.15) is 11.1 Å². The number of carbonyl (C=O) groups is 1. The van der Waals surface area contributed by atoms with Gasteiger partial charge in [0, 0.05) is 6.54 Å². The first-order valence-corrected chi connectivity index (χ1v) is 7.29. The highest BCUT2D eigenvalue weighted by Crippen LogP contribution is 2.30. The molecule has 8 heteroatoms. The van der Waals surface area contributed by atoms with E-state index in [4.69, 9.17) is 0 Å². The normalized spacial score (nSPS) is 19.0. The number of benzene rings is 1. The van der Waals surface area contributed by atoms with Crippen molar-refractivity contribution in [3.05, 3.63) is 40.3 Å². The molecule has 1 aliphatic rings. The van der Waals surface area contributed by atoms with Crippen molar-refractivity contribution in [2.75, 3.05) is 20.1 Å². The molecule has 1 saturated heterocycles. The first kappa shape index (κ1) is 16.6. The van der Waals surface area contributed by atoms with Crippen LogP contribution in [-0.2, 0) is 11.0 Å². The molecule has 22 heavy (non-hydrogen) atoms. The van der Waals surface area contributed by atoms with E-state index in [9.17, 15) is 18.0 Å². The fourth-order valence-corrected chi connectivity index (χ4v) is 2.54. The lowest BCUT2D eigenvalue weighted by atomic mass is 10.1. The van der Waals surface area contributed by atoms with Crippen LogP contribution >= 0.6 is 11.8 Å². The molecule has 4 nitrogen and oxygen atoms in total. The molecule has 0 aliphatic carbocycles. The van der Waals surface area contributed by atoms with E-state index in [1.165, 1.54) is 23.9 Å². The van der Waals surface area contributed by atoms with E-state index in [2.05, 4.69) is 15.6 Å². The Balaban J connectivity index is 2.09. The molecule has 0 aromatic heterocycles. The van der Waals surface area contributed by atoms with Crippen molar-refractivity contribution in [2.45, 2.75) is 6.18 Å². The fourth-order valence-electron chi connectivity index (χ4n) is 1.69. The molecule has 0 spiro atoms. The minimum Gasteiger partial charge on any atom is -0.318 e. The van der Waals surface area contributed by atoms with Crippen molar-refractivity contribution in [1.82, 2.24) is 10.6 Å². The molecule has 0 unspecified atom stereocenters. The second-order valence-corrected chi connectivity index (χ2v) is 5.51. The van der Waals surface area contributed by atoms with Gasteiger partial charge in [-0.15, -0.1) is 0 Å². The summed E-state index contributed by atoms with van der Waals surface area (Å²) in [6, 6.07) is 4.65. The minimum atomic E-state index is -4.36. The molecule has 1 fully saturated rings. The molecular weight excluding hydrogens is 315 g/mol. The summed E-state index contributed by atoms with van der Waals surface area (Å²) in [5, 5.41) is 6.05. The number of amides is 1. The summed E-state index contributed by atoms with van der Waals surface area (Å²) in [6.45, 7) is 1.23. The number of thioether (sulfide) groups is 1. The molecule has 0 bridgehead atoms. The van der Waals surface area contributed by atoms with E-state index in [1.54, 1.807) is 13.1 Å². The molecule has 1 amide bonds. The predicted octanol–water partition coefficient (Wildman–Crippen LogP) is 2.48. The van der Waals surface area contributed by atoms with Crippen LogP contribution in [0.4, 0.5) is 13.2 Å². The second-order valence-electron chi connectivity index (χ2n) is 4.47. The second kappa shape index (κ2) is 6.97. The third-order valence-corrected chi connectivity index (χ3v) is 3.75. The highest BCUT2D eigenvalue weighted by molar-refractivity contribution is 8.18. The topological polar surface area (TPSA) is 53.5 Å². The quantitative estimate of drug-likeness (QED) is 0.659. The van der Waals surface area contributed by atoms with Crippen LogP contribution in [0.25, 0.3) is 6.08 Å². The van der Waals surface area contributed by atoms with Crippen LogP contribution < -0.4 is 10.6 Å². The SMILES string of the molecule is CNCCN=C1NC(=O)/C(=C/c2ccc(C(F)(F)F)cc2)S1. The highest BCUT2D eigenvalue weighted by Gasteiger charge is 2.30. The lowest BCUT2D eigenvalue weighted by Gasteiger charge is -2.06. The zero-order valence-corrected chi connectivity index (χ0v) is 12.5. The summed E-state index contributed by atoms with van der Waals surface area (Å²) < 4.78 is 37.4. The van der Waals surface area contributed by atoms with Gasteiger partial charge in [0.2, 0.25) is 0 Å². The van der Waals surface area contributed by atoms with Crippen LogP contribution in [0, 0.1) is 0 Å². The zero-order chi connectivity index (χ0) is 16.2. The van der Waals surface area contributed by atoms with E-state index < -0.39 is 11.7 Å². The number of likely N-dealkylation sites (N-methyl/N-ethyl adjacent to an activating group) is 1. The van der Waals surface area contributed by atoms with Crippen LogP contribution in [0.3, 0.4) is 0 Å². The van der Waals surface area contributed by atoms with Gasteiger partial charge >= 0.3 is 6.18 Å². The average molecular weight is 329 g/mol. The van der Waals surface area contributed by atoms with Crippen molar-refractivity contribution in [3.63, 3.8) is 0 Å². The molecule has 0 atom stereocenters. The number of nitrogens with one attached hydrogen (secondary N) is 2. The number of alkyl halides is 3. The van der Waals surface area contributed by atoms with Crippen molar-refractivity contribution in [2.24, 2.45) is 4.99 Å². The summed E-state index contributed by atoms with van der Waals surface area (Å²) >= 11 is 1.17. The molecule has 1 aromatic rings. The fraction of sp³-hybridized carbons (Fsp3) is 0.286. The van der Waals surface area contributed by atoms with Gasteiger partial charge in [-0.3, -0.25) is 9.79 Å². The maximum atomic E-state index is 12.5. The van der Waals surface area contributed by atoms with Crippen molar-refractivity contribution < 1.29 is 18.0 Å². The number of hydrogen-bond acceptors (Lipinski definition) is 4. The van der Waals surface area contributed by atoms with Gasteiger partial charge in [-0.05, 0) is 42.6 Å². The standard InChI is InChI=1S/C14H14F3N3OS/c1-18-6-7-19-13-20-12(21)11(22-13)8-9-2-4-10(5-3-9)14(15,16)17/h2-5,8,18H,6-7H2,1H3,(H,19,20,21)/b11-8-. The Morgan fingerprint density at radius 2 is 2.00 bits per heavy atom. The van der Waals surface area contributed by atoms with Crippen molar-refractivity contribution in [1.29, 1.82) is 0 Å². The Morgan fingerprint density at radius 1 is 1.32 bits per heavy atom. The van der Waals surface area contributed by atoms with E-state index in [1.807, 2.05) is 0 Å². The average Bonchev–Trinajstić information content (AvgIpc) is 2.79. The molecule has 118 valence electrons. The molecular formula is C14H14F3N3OS. The van der Waals surface area contributed by atoms with E-state index >= 15 is 0 Å². The van der Waals surface area contributed by atoms with Gasteiger partial charge in [0.15, 0.2) is 5.17 Å². The number of aliphatic imine (C=N–C) groups is 1. The van der Waals surface area contributed by atoms with Gasteiger partial charge in [-0.1, -0.05) is 12.1 Å². The van der Waals surface area contributed by atoms with Crippen molar-refractivity contribution >= 4 is 28.9 Å². The van der Waals surface area contributed by atoms with Gasteiger partial charge in [0.05, 0.1) is 17.0 Å². The highest BCUT2D eigenvalue weighted by atomic mass is 32.2. The van der Waals surface area contributed by atoms with Crippen molar-refractivity contribution in [3.8, 4) is 0 Å². The van der Waals surface area contributed by atoms with Crippen LogP contribution in [0.2, 0.25) is 0 Å². The first-order chi connectivity index (χ1) is 10.4. The molecule has 1 aromatic carbocycles. The minimum absolute atomic E-state index is 0.298. The summed E-state index contributed by atoms with van der Waals surface area (Å²) in [4.78, 5) is 16.4. The third-order valence-electron chi connectivity index (χ3n) is 2.80. The molecule has 1 aliphatic heterocycles. The number of carbonyl (C=O) groups excluding carboxylic acids is 1. The van der Waals surface area contributed by atoms with Crippen LogP contribution in [-0.4, -0.2) is 31.2 Å². The predicted molar refractivity (Wildman–Crippen MR) is 81.4 cm³/mol. The Bertz CT molecular complexity index is 609. The van der Waals surface area contributed by atoms with Gasteiger partial charge < -0.3 is 10.6 Å². The van der Waals surface area contributed by atoms with Gasteiger partial charge in [0.25, 0.3) is 5.91 Å². The van der Waals surface area contributed by atoms with Crippen LogP contribution in [0.15, 0.2) is 34.2 Å². The number of halogens is 3. The molecule has 2 rings (SSSR count). The molecule has 0 radical (unpaired) electrons. The number of hydrogen-bond donors (Lipinski definition) is 2. The lowest BCUT2D eigenvalue weighted by molar-refractivity contribution is -0.137. The Kier molecular flexibility index (Phi) is 5.25. The number of nitrogens with zero attached hydrogens (tertiary/aromatic N) is 1. The summed E-state index contributed by atoms with van der Waals surface area (Å²) in [6.07, 6.45) is -2.82. The maximum Gasteiger partial charge on any atom is 0.416 e.